The van der Waals surface area contributed by atoms with E-state index in [1.54, 1.807) is 30.0 Å². The van der Waals surface area contributed by atoms with Gasteiger partial charge in [-0.05, 0) is 76.1 Å². The van der Waals surface area contributed by atoms with Crippen LogP contribution in [0.5, 0.6) is 5.75 Å². The van der Waals surface area contributed by atoms with Crippen LogP contribution < -0.4 is 14.5 Å². The van der Waals surface area contributed by atoms with Gasteiger partial charge in [0.05, 0.1) is 34.8 Å². The molecule has 1 heterocycles. The van der Waals surface area contributed by atoms with Gasteiger partial charge in [-0.2, -0.15) is 18.1 Å². The molecular formula is C26H31N5O4S. The minimum Gasteiger partial charge on any atom is -0.492 e. The van der Waals surface area contributed by atoms with Crippen LogP contribution >= 0.6 is 0 Å². The molecule has 0 saturated heterocycles. The highest BCUT2D eigenvalue weighted by Crippen LogP contribution is 2.40. The first kappa shape index (κ1) is 26.9. The number of ether oxygens (including phenoxy) is 1. The molecule has 0 saturated carbocycles. The predicted molar refractivity (Wildman–Crippen MR) is 143 cm³/mol. The minimum absolute atomic E-state index is 0.0519. The van der Waals surface area contributed by atoms with Crippen LogP contribution in [-0.2, 0) is 15.0 Å². The number of nitriles is 1. The van der Waals surface area contributed by atoms with Crippen LogP contribution in [0.25, 0.3) is 0 Å². The number of fused-ring (bicyclic) bond motifs is 1. The number of likely N-dealkylation sites (N-methyl/N-ethyl adjacent to an activating group) is 1. The Hall–Kier alpha value is -3.71. The van der Waals surface area contributed by atoms with E-state index in [1.807, 2.05) is 32.0 Å². The third kappa shape index (κ3) is 5.74. The first-order valence-electron chi connectivity index (χ1n) is 11.7. The molecule has 9 nitrogen and oxygen atoms in total. The quantitative estimate of drug-likeness (QED) is 0.519. The van der Waals surface area contributed by atoms with Crippen LogP contribution in [0.1, 0.15) is 58.2 Å². The van der Waals surface area contributed by atoms with Crippen molar-refractivity contribution in [3.05, 3.63) is 53.1 Å². The van der Waals surface area contributed by atoms with Crippen LogP contribution in [0.2, 0.25) is 0 Å². The Morgan fingerprint density at radius 1 is 1.17 bits per heavy atom. The molecule has 2 aromatic carbocycles. The molecule has 0 aliphatic carbocycles. The molecular weight excluding hydrogens is 478 g/mol. The van der Waals surface area contributed by atoms with Crippen molar-refractivity contribution in [1.29, 1.82) is 5.26 Å². The van der Waals surface area contributed by atoms with Crippen LogP contribution in [-0.4, -0.2) is 51.5 Å². The summed E-state index contributed by atoms with van der Waals surface area (Å²) in [7, 11) is -4.19. The Kier molecular flexibility index (Phi) is 7.84. The number of rotatable bonds is 7. The van der Waals surface area contributed by atoms with Gasteiger partial charge in [0.15, 0.2) is 0 Å². The molecule has 0 aromatic heterocycles. The van der Waals surface area contributed by atoms with Gasteiger partial charge < -0.3 is 14.5 Å². The van der Waals surface area contributed by atoms with Crippen molar-refractivity contribution >= 4 is 39.4 Å². The molecule has 3 rings (SSSR count). The van der Waals surface area contributed by atoms with Crippen molar-refractivity contribution in [3.63, 3.8) is 0 Å². The first-order valence-corrected chi connectivity index (χ1v) is 13.1. The smallest absolute Gasteiger partial charge is 0.363 e. The molecule has 0 fully saturated rings. The molecule has 0 N–H and O–H groups in total. The summed E-state index contributed by atoms with van der Waals surface area (Å²) >= 11 is 0. The van der Waals surface area contributed by atoms with Crippen molar-refractivity contribution in [2.45, 2.75) is 47.1 Å². The Labute approximate surface area is 212 Å². The topological polar surface area (TPSA) is 115 Å². The van der Waals surface area contributed by atoms with Gasteiger partial charge in [0, 0.05) is 26.2 Å². The molecule has 1 amide bonds. The maximum absolute atomic E-state index is 12.6. The molecule has 0 unspecified atom stereocenters. The summed E-state index contributed by atoms with van der Waals surface area (Å²) in [5.74, 6) is 0.373. The molecule has 10 heteroatoms. The van der Waals surface area contributed by atoms with E-state index in [0.29, 0.717) is 30.0 Å². The fraction of sp³-hybridized carbons (Fsp3) is 0.385. The highest BCUT2D eigenvalue weighted by Gasteiger charge is 2.37. The number of carbonyl (C=O) groups excluding carboxylic acids is 1. The second kappa shape index (κ2) is 10.5. The number of amides is 1. The molecule has 36 heavy (non-hydrogen) atoms. The fourth-order valence-corrected chi connectivity index (χ4v) is 5.08. The maximum atomic E-state index is 12.6. The highest BCUT2D eigenvalue weighted by molar-refractivity contribution is 7.89. The molecule has 0 atom stereocenters. The third-order valence-corrected chi connectivity index (χ3v) is 6.83. The first-order chi connectivity index (χ1) is 16.9. The molecule has 0 bridgehead atoms. The number of anilines is 2. The SMILES string of the molecule is CCOc1ccc(C=NS(=O)(=O)N=C(C)c2ccc3c(c2)N(CC)C(C)(C)CN3C(C)=O)cc1C#N. The van der Waals surface area contributed by atoms with Gasteiger partial charge in [0.2, 0.25) is 5.91 Å². The van der Waals surface area contributed by atoms with Gasteiger partial charge in [-0.25, -0.2) is 0 Å². The third-order valence-electron chi connectivity index (χ3n) is 5.96. The average Bonchev–Trinajstić information content (AvgIpc) is 2.82. The zero-order valence-electron chi connectivity index (χ0n) is 21.4. The second-order valence-electron chi connectivity index (χ2n) is 9.02. The second-order valence-corrected chi connectivity index (χ2v) is 10.3. The van der Waals surface area contributed by atoms with Gasteiger partial charge >= 0.3 is 10.2 Å². The fourth-order valence-electron chi connectivity index (χ4n) is 4.33. The Balaban J connectivity index is 1.94. The number of carbonyl (C=O) groups is 1. The van der Waals surface area contributed by atoms with Crippen molar-refractivity contribution in [2.24, 2.45) is 8.80 Å². The number of benzene rings is 2. The van der Waals surface area contributed by atoms with Gasteiger partial charge in [-0.3, -0.25) is 4.79 Å². The Morgan fingerprint density at radius 2 is 1.89 bits per heavy atom. The van der Waals surface area contributed by atoms with E-state index in [0.717, 1.165) is 24.1 Å². The van der Waals surface area contributed by atoms with Crippen LogP contribution in [0.3, 0.4) is 0 Å². The van der Waals surface area contributed by atoms with Gasteiger partial charge in [0.25, 0.3) is 0 Å². The monoisotopic (exact) mass is 509 g/mol. The summed E-state index contributed by atoms with van der Waals surface area (Å²) in [4.78, 5) is 16.2. The minimum atomic E-state index is -4.19. The summed E-state index contributed by atoms with van der Waals surface area (Å²) in [5, 5.41) is 9.30. The zero-order valence-corrected chi connectivity index (χ0v) is 22.3. The molecule has 1 aliphatic rings. The van der Waals surface area contributed by atoms with E-state index < -0.39 is 10.2 Å². The van der Waals surface area contributed by atoms with E-state index in [4.69, 9.17) is 4.74 Å². The molecule has 1 aliphatic heterocycles. The summed E-state index contributed by atoms with van der Waals surface area (Å²) in [6.45, 7) is 12.8. The van der Waals surface area contributed by atoms with Gasteiger partial charge in [-0.1, -0.05) is 6.07 Å². The van der Waals surface area contributed by atoms with Crippen molar-refractivity contribution < 1.29 is 17.9 Å². The Morgan fingerprint density at radius 3 is 2.50 bits per heavy atom. The lowest BCUT2D eigenvalue weighted by Crippen LogP contribution is -2.57. The summed E-state index contributed by atoms with van der Waals surface area (Å²) < 4.78 is 38.2. The van der Waals surface area contributed by atoms with E-state index in [-0.39, 0.29) is 22.7 Å². The predicted octanol–water partition coefficient (Wildman–Crippen LogP) is 4.10. The lowest BCUT2D eigenvalue weighted by atomic mass is 9.94. The molecule has 0 spiro atoms. The summed E-state index contributed by atoms with van der Waals surface area (Å²) in [5.41, 5.74) is 2.93. The largest absolute Gasteiger partial charge is 0.492 e. The van der Waals surface area contributed by atoms with Gasteiger partial charge in [0.1, 0.15) is 11.8 Å². The standard InChI is InChI=1S/C26H31N5O4S/c1-7-31-24-14-21(10-11-23(24)30(19(4)32)17-26(31,5)6)18(3)29-36(33,34)28-16-20-9-12-25(35-8-2)22(13-20)15-27/h9-14,16H,7-8,17H2,1-6H3. The van der Waals surface area contributed by atoms with E-state index in [2.05, 4.69) is 27.5 Å². The summed E-state index contributed by atoms with van der Waals surface area (Å²) in [6.07, 6.45) is 1.15. The number of hydrogen-bond donors (Lipinski definition) is 0. The maximum Gasteiger partial charge on any atom is 0.363 e. The van der Waals surface area contributed by atoms with Crippen molar-refractivity contribution in [1.82, 2.24) is 0 Å². The van der Waals surface area contributed by atoms with Crippen molar-refractivity contribution in [2.75, 3.05) is 29.5 Å². The number of nitrogens with zero attached hydrogens (tertiary/aromatic N) is 5. The van der Waals surface area contributed by atoms with E-state index in [9.17, 15) is 18.5 Å². The summed E-state index contributed by atoms with van der Waals surface area (Å²) in [6, 6.07) is 12.2. The van der Waals surface area contributed by atoms with Crippen LogP contribution in [0, 0.1) is 11.3 Å². The highest BCUT2D eigenvalue weighted by atomic mass is 32.2. The lowest BCUT2D eigenvalue weighted by Gasteiger charge is -2.48. The lowest BCUT2D eigenvalue weighted by molar-refractivity contribution is -0.116. The molecule has 190 valence electrons. The molecule has 0 radical (unpaired) electrons. The van der Waals surface area contributed by atoms with Gasteiger partial charge in [-0.15, -0.1) is 4.40 Å². The zero-order chi connectivity index (χ0) is 26.7. The van der Waals surface area contributed by atoms with E-state index in [1.165, 1.54) is 13.0 Å². The van der Waals surface area contributed by atoms with E-state index >= 15 is 0 Å². The normalized spacial score (nSPS) is 15.5. The Bertz CT molecular complexity index is 1370. The average molecular weight is 510 g/mol. The molecule has 2 aromatic rings. The van der Waals surface area contributed by atoms with Crippen LogP contribution in [0.4, 0.5) is 11.4 Å². The van der Waals surface area contributed by atoms with Crippen LogP contribution in [0.15, 0.2) is 45.2 Å². The van der Waals surface area contributed by atoms with Crippen molar-refractivity contribution in [3.8, 4) is 11.8 Å². The number of hydrogen-bond acceptors (Lipinski definition) is 6.